The van der Waals surface area contributed by atoms with E-state index in [1.54, 1.807) is 18.6 Å². The zero-order valence-corrected chi connectivity index (χ0v) is 17.9. The number of hydrogen-bond donors (Lipinski definition) is 4. The van der Waals surface area contributed by atoms with Crippen molar-refractivity contribution in [1.82, 2.24) is 21.1 Å². The first-order valence-electron chi connectivity index (χ1n) is 10.0. The topological polar surface area (TPSA) is 120 Å². The zero-order valence-electron chi connectivity index (χ0n) is 17.9. The smallest absolute Gasteiger partial charge is 0.244 e. The summed E-state index contributed by atoms with van der Waals surface area (Å²) in [4.78, 5) is 41.7. The highest BCUT2D eigenvalue weighted by Gasteiger charge is 2.34. The van der Waals surface area contributed by atoms with Gasteiger partial charge in [-0.25, -0.2) is 5.48 Å². The molecule has 2 unspecified atom stereocenters. The van der Waals surface area contributed by atoms with Crippen LogP contribution >= 0.6 is 0 Å². The number of para-hydroxylation sites is 1. The standard InChI is InChI=1S/C22H30N4O4/c1-5-23-21(29)19(22(2,3)4)25-20(28)16(12-18(27)26-30)11-14-10-15-8-6-7-9-17(15)24-13-14/h6-10,13,16,19,30H,5,11-12H2,1-4H3,(H,23,29)(H,25,28)(H,26,27). The van der Waals surface area contributed by atoms with Crippen molar-refractivity contribution in [2.45, 2.75) is 46.6 Å². The average Bonchev–Trinajstić information content (AvgIpc) is 2.70. The van der Waals surface area contributed by atoms with E-state index in [9.17, 15) is 14.4 Å². The number of aromatic nitrogens is 1. The van der Waals surface area contributed by atoms with Gasteiger partial charge in [0.1, 0.15) is 6.04 Å². The molecule has 30 heavy (non-hydrogen) atoms. The Hall–Kier alpha value is -3.00. The number of carbonyl (C=O) groups is 3. The van der Waals surface area contributed by atoms with Crippen molar-refractivity contribution in [3.8, 4) is 0 Å². The highest BCUT2D eigenvalue weighted by atomic mass is 16.5. The third-order valence-corrected chi connectivity index (χ3v) is 4.82. The summed E-state index contributed by atoms with van der Waals surface area (Å²) < 4.78 is 0. The van der Waals surface area contributed by atoms with Gasteiger partial charge in [0.25, 0.3) is 0 Å². The molecule has 0 fully saturated rings. The van der Waals surface area contributed by atoms with E-state index in [0.717, 1.165) is 16.5 Å². The van der Waals surface area contributed by atoms with Gasteiger partial charge in [-0.2, -0.15) is 0 Å². The molecule has 0 spiro atoms. The Morgan fingerprint density at radius 2 is 1.83 bits per heavy atom. The minimum absolute atomic E-state index is 0.221. The summed E-state index contributed by atoms with van der Waals surface area (Å²) in [5.74, 6) is -2.16. The lowest BCUT2D eigenvalue weighted by Gasteiger charge is -2.31. The van der Waals surface area contributed by atoms with E-state index in [-0.39, 0.29) is 18.7 Å². The minimum atomic E-state index is -0.778. The van der Waals surface area contributed by atoms with Crippen LogP contribution < -0.4 is 16.1 Å². The molecule has 0 bridgehead atoms. The van der Waals surface area contributed by atoms with Crippen LogP contribution in [-0.2, 0) is 20.8 Å². The van der Waals surface area contributed by atoms with Crippen LogP contribution in [0.25, 0.3) is 10.9 Å². The third kappa shape index (κ3) is 6.25. The zero-order chi connectivity index (χ0) is 22.3. The predicted octanol–water partition coefficient (Wildman–Crippen LogP) is 1.96. The molecule has 0 aliphatic rings. The lowest BCUT2D eigenvalue weighted by atomic mass is 9.85. The number of pyridine rings is 1. The molecule has 0 saturated carbocycles. The van der Waals surface area contributed by atoms with Crippen molar-refractivity contribution < 1.29 is 19.6 Å². The number of nitrogens with one attached hydrogen (secondary N) is 3. The monoisotopic (exact) mass is 414 g/mol. The number of hydrogen-bond acceptors (Lipinski definition) is 5. The van der Waals surface area contributed by atoms with Crippen molar-refractivity contribution in [2.75, 3.05) is 6.54 Å². The Bertz CT molecular complexity index is 907. The molecule has 0 aliphatic heterocycles. The van der Waals surface area contributed by atoms with E-state index in [1.165, 1.54) is 0 Å². The summed E-state index contributed by atoms with van der Waals surface area (Å²) in [7, 11) is 0. The first-order chi connectivity index (χ1) is 14.2. The van der Waals surface area contributed by atoms with Crippen LogP contribution in [0.3, 0.4) is 0 Å². The van der Waals surface area contributed by atoms with Crippen molar-refractivity contribution >= 4 is 28.6 Å². The van der Waals surface area contributed by atoms with Crippen LogP contribution in [0, 0.1) is 11.3 Å². The highest BCUT2D eigenvalue weighted by Crippen LogP contribution is 2.22. The molecular weight excluding hydrogens is 384 g/mol. The van der Waals surface area contributed by atoms with Crippen LogP contribution in [0.4, 0.5) is 0 Å². The fraction of sp³-hybridized carbons (Fsp3) is 0.455. The van der Waals surface area contributed by atoms with E-state index in [1.807, 2.05) is 51.1 Å². The van der Waals surface area contributed by atoms with E-state index >= 15 is 0 Å². The second kappa shape index (κ2) is 10.2. The van der Waals surface area contributed by atoms with Gasteiger partial charge in [-0.1, -0.05) is 39.0 Å². The minimum Gasteiger partial charge on any atom is -0.355 e. The molecule has 1 aromatic carbocycles. The summed E-state index contributed by atoms with van der Waals surface area (Å²) in [5.41, 5.74) is 2.67. The Balaban J connectivity index is 2.26. The Kier molecular flexibility index (Phi) is 7.88. The maximum Gasteiger partial charge on any atom is 0.244 e. The normalized spacial score (nSPS) is 13.4. The number of benzene rings is 1. The molecule has 1 aromatic heterocycles. The van der Waals surface area contributed by atoms with Crippen LogP contribution in [0.1, 0.15) is 39.7 Å². The van der Waals surface area contributed by atoms with E-state index in [0.29, 0.717) is 6.54 Å². The summed E-state index contributed by atoms with van der Waals surface area (Å²) in [6.45, 7) is 7.82. The lowest BCUT2D eigenvalue weighted by Crippen LogP contribution is -2.55. The van der Waals surface area contributed by atoms with Gasteiger partial charge in [0.15, 0.2) is 0 Å². The van der Waals surface area contributed by atoms with Crippen molar-refractivity contribution in [2.24, 2.45) is 11.3 Å². The largest absolute Gasteiger partial charge is 0.355 e. The molecule has 3 amide bonds. The van der Waals surface area contributed by atoms with Crippen molar-refractivity contribution in [3.05, 3.63) is 42.1 Å². The lowest BCUT2D eigenvalue weighted by molar-refractivity contribution is -0.137. The summed E-state index contributed by atoms with van der Waals surface area (Å²) in [5, 5.41) is 15.4. The molecular formula is C22H30N4O4. The van der Waals surface area contributed by atoms with E-state index < -0.39 is 29.2 Å². The van der Waals surface area contributed by atoms with Gasteiger partial charge >= 0.3 is 0 Å². The maximum atomic E-state index is 13.1. The van der Waals surface area contributed by atoms with Crippen molar-refractivity contribution in [3.63, 3.8) is 0 Å². The molecule has 0 saturated heterocycles. The molecule has 2 atom stereocenters. The van der Waals surface area contributed by atoms with Gasteiger partial charge in [-0.3, -0.25) is 24.6 Å². The van der Waals surface area contributed by atoms with Crippen LogP contribution in [-0.4, -0.2) is 40.5 Å². The SMILES string of the molecule is CCNC(=O)C(NC(=O)C(CC(=O)NO)Cc1cnc2ccccc2c1)C(C)(C)C. The van der Waals surface area contributed by atoms with E-state index in [4.69, 9.17) is 5.21 Å². The number of amides is 3. The van der Waals surface area contributed by atoms with Gasteiger partial charge in [0.05, 0.1) is 11.4 Å². The van der Waals surface area contributed by atoms with Gasteiger partial charge in [-0.15, -0.1) is 0 Å². The number of fused-ring (bicyclic) bond motifs is 1. The predicted molar refractivity (Wildman–Crippen MR) is 114 cm³/mol. The number of rotatable bonds is 8. The maximum absolute atomic E-state index is 13.1. The molecule has 4 N–H and O–H groups in total. The third-order valence-electron chi connectivity index (χ3n) is 4.82. The van der Waals surface area contributed by atoms with Crippen molar-refractivity contribution in [1.29, 1.82) is 0 Å². The number of hydroxylamine groups is 1. The molecule has 0 aliphatic carbocycles. The van der Waals surface area contributed by atoms with Crippen LogP contribution in [0.5, 0.6) is 0 Å². The molecule has 1 heterocycles. The highest BCUT2D eigenvalue weighted by molar-refractivity contribution is 5.91. The van der Waals surface area contributed by atoms with Gasteiger partial charge < -0.3 is 10.6 Å². The fourth-order valence-electron chi connectivity index (χ4n) is 3.25. The quantitative estimate of drug-likeness (QED) is 0.389. The molecule has 8 heteroatoms. The molecule has 8 nitrogen and oxygen atoms in total. The second-order valence-corrected chi connectivity index (χ2v) is 8.38. The summed E-state index contributed by atoms with van der Waals surface area (Å²) in [6.07, 6.45) is 1.69. The summed E-state index contributed by atoms with van der Waals surface area (Å²) in [6, 6.07) is 8.76. The Morgan fingerprint density at radius 3 is 2.47 bits per heavy atom. The van der Waals surface area contributed by atoms with Crippen LogP contribution in [0.2, 0.25) is 0 Å². The molecule has 2 aromatic rings. The molecule has 0 radical (unpaired) electrons. The second-order valence-electron chi connectivity index (χ2n) is 8.38. The number of carbonyl (C=O) groups excluding carboxylic acids is 3. The fourth-order valence-corrected chi connectivity index (χ4v) is 3.25. The van der Waals surface area contributed by atoms with Gasteiger partial charge in [-0.05, 0) is 36.5 Å². The molecule has 2 rings (SSSR count). The Labute approximate surface area is 176 Å². The number of likely N-dealkylation sites (N-methyl/N-ethyl adjacent to an activating group) is 1. The summed E-state index contributed by atoms with van der Waals surface area (Å²) >= 11 is 0. The van der Waals surface area contributed by atoms with E-state index in [2.05, 4.69) is 15.6 Å². The van der Waals surface area contributed by atoms with Crippen LogP contribution in [0.15, 0.2) is 36.5 Å². The van der Waals surface area contributed by atoms with Gasteiger partial charge in [0.2, 0.25) is 17.7 Å². The Morgan fingerprint density at radius 1 is 1.13 bits per heavy atom. The first-order valence-corrected chi connectivity index (χ1v) is 10.0. The number of nitrogens with zero attached hydrogens (tertiary/aromatic N) is 1. The molecule has 162 valence electrons. The first kappa shape index (κ1) is 23.3. The average molecular weight is 415 g/mol. The van der Waals surface area contributed by atoms with Gasteiger partial charge in [0, 0.05) is 24.5 Å².